The second-order valence-corrected chi connectivity index (χ2v) is 5.26. The third-order valence-corrected chi connectivity index (χ3v) is 4.05. The fraction of sp³-hybridized carbons (Fsp3) is 0.769. The Morgan fingerprint density at radius 2 is 2.12 bits per heavy atom. The van der Waals surface area contributed by atoms with E-state index in [1.54, 1.807) is 0 Å². The van der Waals surface area contributed by atoms with Crippen LogP contribution in [-0.2, 0) is 6.42 Å². The van der Waals surface area contributed by atoms with Crippen molar-refractivity contribution < 1.29 is 0 Å². The molecule has 3 nitrogen and oxygen atoms in total. The van der Waals surface area contributed by atoms with Crippen LogP contribution in [0.3, 0.4) is 0 Å². The Bertz CT molecular complexity index is 335. The average molecular weight is 219 g/mol. The van der Waals surface area contributed by atoms with Crippen LogP contribution in [0.4, 0.5) is 0 Å². The molecule has 0 bridgehead atoms. The van der Waals surface area contributed by atoms with E-state index in [2.05, 4.69) is 21.5 Å². The number of nitrogens with one attached hydrogen (secondary N) is 2. The predicted molar refractivity (Wildman–Crippen MR) is 64.5 cm³/mol. The van der Waals surface area contributed by atoms with E-state index >= 15 is 0 Å². The first-order valence-electron chi connectivity index (χ1n) is 6.69. The van der Waals surface area contributed by atoms with Crippen LogP contribution in [0.25, 0.3) is 0 Å². The highest BCUT2D eigenvalue weighted by atomic mass is 15.0. The Hall–Kier alpha value is -0.830. The zero-order chi connectivity index (χ0) is 10.8. The minimum Gasteiger partial charge on any atom is -0.346 e. The van der Waals surface area contributed by atoms with E-state index in [1.807, 2.05) is 0 Å². The van der Waals surface area contributed by atoms with Crippen molar-refractivity contribution in [2.24, 2.45) is 0 Å². The van der Waals surface area contributed by atoms with E-state index < -0.39 is 0 Å². The first-order chi connectivity index (χ1) is 7.92. The van der Waals surface area contributed by atoms with Gasteiger partial charge in [0.25, 0.3) is 0 Å². The number of nitrogens with zero attached hydrogens (tertiary/aromatic N) is 1. The number of H-pyrrole nitrogens is 1. The molecule has 3 rings (SSSR count). The number of aromatic nitrogens is 2. The van der Waals surface area contributed by atoms with Gasteiger partial charge in [0, 0.05) is 30.3 Å². The molecular formula is C13H21N3. The van der Waals surface area contributed by atoms with Crippen molar-refractivity contribution in [3.8, 4) is 0 Å². The molecule has 88 valence electrons. The molecule has 1 saturated carbocycles. The van der Waals surface area contributed by atoms with Gasteiger partial charge in [0.05, 0.1) is 0 Å². The highest BCUT2D eigenvalue weighted by Gasteiger charge is 2.22. The van der Waals surface area contributed by atoms with Crippen LogP contribution >= 0.6 is 0 Å². The molecule has 1 saturated heterocycles. The SMILES string of the molecule is c1nc(CC2CCCCN2)[nH]c1C1CCC1. The van der Waals surface area contributed by atoms with Crippen molar-refractivity contribution in [3.63, 3.8) is 0 Å². The highest BCUT2D eigenvalue weighted by molar-refractivity contribution is 5.11. The minimum absolute atomic E-state index is 0.647. The van der Waals surface area contributed by atoms with Crippen LogP contribution in [0.15, 0.2) is 6.20 Å². The largest absolute Gasteiger partial charge is 0.346 e. The van der Waals surface area contributed by atoms with Gasteiger partial charge in [-0.05, 0) is 32.2 Å². The van der Waals surface area contributed by atoms with Gasteiger partial charge in [-0.25, -0.2) is 4.98 Å². The lowest BCUT2D eigenvalue weighted by atomic mass is 9.83. The van der Waals surface area contributed by atoms with Crippen molar-refractivity contribution in [2.45, 2.75) is 56.9 Å². The zero-order valence-electron chi connectivity index (χ0n) is 9.84. The number of rotatable bonds is 3. The molecule has 1 aliphatic carbocycles. The van der Waals surface area contributed by atoms with Gasteiger partial charge in [-0.3, -0.25) is 0 Å². The molecule has 1 atom stereocenters. The topological polar surface area (TPSA) is 40.7 Å². The fourth-order valence-electron chi connectivity index (χ4n) is 2.74. The van der Waals surface area contributed by atoms with Crippen molar-refractivity contribution in [3.05, 3.63) is 17.7 Å². The monoisotopic (exact) mass is 219 g/mol. The predicted octanol–water partition coefficient (Wildman–Crippen LogP) is 2.36. The Morgan fingerprint density at radius 3 is 2.81 bits per heavy atom. The normalized spacial score (nSPS) is 26.6. The summed E-state index contributed by atoms with van der Waals surface area (Å²) in [6, 6.07) is 0.647. The molecular weight excluding hydrogens is 198 g/mol. The molecule has 1 unspecified atom stereocenters. The van der Waals surface area contributed by atoms with Gasteiger partial charge in [0.15, 0.2) is 0 Å². The number of piperidine rings is 1. The smallest absolute Gasteiger partial charge is 0.107 e. The molecule has 2 fully saturated rings. The zero-order valence-corrected chi connectivity index (χ0v) is 9.84. The Balaban J connectivity index is 1.58. The standard InChI is InChI=1S/C13H21N3/c1-2-7-14-11(6-1)8-13-15-9-12(16-13)10-4-3-5-10/h9-11,14H,1-8H2,(H,15,16). The van der Waals surface area contributed by atoms with E-state index in [0.717, 1.165) is 12.3 Å². The molecule has 0 spiro atoms. The van der Waals surface area contributed by atoms with Gasteiger partial charge in [-0.15, -0.1) is 0 Å². The Labute approximate surface area is 97.0 Å². The van der Waals surface area contributed by atoms with Gasteiger partial charge in [-0.1, -0.05) is 12.8 Å². The maximum atomic E-state index is 4.52. The summed E-state index contributed by atoms with van der Waals surface area (Å²) in [6.45, 7) is 1.18. The van der Waals surface area contributed by atoms with Gasteiger partial charge < -0.3 is 10.3 Å². The van der Waals surface area contributed by atoms with E-state index in [-0.39, 0.29) is 0 Å². The van der Waals surface area contributed by atoms with Crippen LogP contribution < -0.4 is 5.32 Å². The lowest BCUT2D eigenvalue weighted by molar-refractivity contribution is 0.392. The van der Waals surface area contributed by atoms with Crippen LogP contribution in [0.2, 0.25) is 0 Å². The van der Waals surface area contributed by atoms with Gasteiger partial charge >= 0.3 is 0 Å². The van der Waals surface area contributed by atoms with Crippen LogP contribution in [0.5, 0.6) is 0 Å². The van der Waals surface area contributed by atoms with Gasteiger partial charge in [0.1, 0.15) is 5.82 Å². The lowest BCUT2D eigenvalue weighted by Gasteiger charge is -2.24. The van der Waals surface area contributed by atoms with E-state index in [4.69, 9.17) is 0 Å². The molecule has 1 aliphatic heterocycles. The third kappa shape index (κ3) is 2.14. The third-order valence-electron chi connectivity index (χ3n) is 4.05. The maximum absolute atomic E-state index is 4.52. The van der Waals surface area contributed by atoms with Gasteiger partial charge in [0.2, 0.25) is 0 Å². The summed E-state index contributed by atoms with van der Waals surface area (Å²) >= 11 is 0. The second kappa shape index (κ2) is 4.58. The summed E-state index contributed by atoms with van der Waals surface area (Å²) in [7, 11) is 0. The minimum atomic E-state index is 0.647. The average Bonchev–Trinajstić information content (AvgIpc) is 2.65. The lowest BCUT2D eigenvalue weighted by Crippen LogP contribution is -2.35. The molecule has 0 radical (unpaired) electrons. The summed E-state index contributed by atoms with van der Waals surface area (Å²) in [5, 5.41) is 3.57. The van der Waals surface area contributed by atoms with Crippen molar-refractivity contribution >= 4 is 0 Å². The molecule has 2 heterocycles. The molecule has 1 aromatic rings. The van der Waals surface area contributed by atoms with Crippen LogP contribution in [0.1, 0.15) is 56.0 Å². The molecule has 16 heavy (non-hydrogen) atoms. The van der Waals surface area contributed by atoms with E-state index in [0.29, 0.717) is 6.04 Å². The molecule has 2 N–H and O–H groups in total. The Kier molecular flexibility index (Phi) is 2.96. The highest BCUT2D eigenvalue weighted by Crippen LogP contribution is 2.35. The van der Waals surface area contributed by atoms with Crippen molar-refractivity contribution in [1.82, 2.24) is 15.3 Å². The van der Waals surface area contributed by atoms with Crippen molar-refractivity contribution in [1.29, 1.82) is 0 Å². The number of hydrogen-bond acceptors (Lipinski definition) is 2. The second-order valence-electron chi connectivity index (χ2n) is 5.26. The van der Waals surface area contributed by atoms with E-state index in [9.17, 15) is 0 Å². The molecule has 3 heteroatoms. The number of aromatic amines is 1. The summed E-state index contributed by atoms with van der Waals surface area (Å²) in [6.07, 6.45) is 11.2. The molecule has 0 amide bonds. The molecule has 2 aliphatic rings. The van der Waals surface area contributed by atoms with Gasteiger partial charge in [-0.2, -0.15) is 0 Å². The first-order valence-corrected chi connectivity index (χ1v) is 6.69. The fourth-order valence-corrected chi connectivity index (χ4v) is 2.74. The summed E-state index contributed by atoms with van der Waals surface area (Å²) in [5.74, 6) is 1.96. The molecule has 0 aromatic carbocycles. The summed E-state index contributed by atoms with van der Waals surface area (Å²) < 4.78 is 0. The molecule has 1 aromatic heterocycles. The Morgan fingerprint density at radius 1 is 1.19 bits per heavy atom. The quantitative estimate of drug-likeness (QED) is 0.819. The van der Waals surface area contributed by atoms with Crippen molar-refractivity contribution in [2.75, 3.05) is 6.54 Å². The maximum Gasteiger partial charge on any atom is 0.107 e. The first kappa shape index (κ1) is 10.3. The van der Waals surface area contributed by atoms with Crippen LogP contribution in [-0.4, -0.2) is 22.6 Å². The summed E-state index contributed by atoms with van der Waals surface area (Å²) in [4.78, 5) is 8.03. The number of imidazole rings is 1. The van der Waals surface area contributed by atoms with E-state index in [1.165, 1.54) is 56.6 Å². The van der Waals surface area contributed by atoms with Crippen LogP contribution in [0, 0.1) is 0 Å². The summed E-state index contributed by atoms with van der Waals surface area (Å²) in [5.41, 5.74) is 1.37. The number of hydrogen-bond donors (Lipinski definition) is 2.